The number of halogens is 4. The van der Waals surface area contributed by atoms with Crippen molar-refractivity contribution in [2.24, 2.45) is 39.5 Å². The van der Waals surface area contributed by atoms with E-state index in [9.17, 15) is 41.6 Å². The maximum Gasteiger partial charge on any atom is 0.306 e. The summed E-state index contributed by atoms with van der Waals surface area (Å²) in [4.78, 5) is 62.5. The topological polar surface area (TPSA) is 184 Å². The van der Waals surface area contributed by atoms with Gasteiger partial charge in [0.05, 0.1) is 58.1 Å². The number of fused-ring (bicyclic) bond motifs is 5. The number of hydrogen-bond acceptors (Lipinski definition) is 11. The summed E-state index contributed by atoms with van der Waals surface area (Å²) in [5.74, 6) is -11.2. The van der Waals surface area contributed by atoms with Gasteiger partial charge in [-0.05, 0) is 87.5 Å². The minimum atomic E-state index is -4.28. The number of hydrogen-bond donors (Lipinski definition) is 2. The van der Waals surface area contributed by atoms with Crippen LogP contribution in [0.15, 0.2) is 35.3 Å². The van der Waals surface area contributed by atoms with Gasteiger partial charge in [0.2, 0.25) is 34.2 Å². The fraction of sp³-hybridized carbons (Fsp3) is 0.667. The number of carbonyl (C=O) groups excluding carboxylic acids is 4. The van der Waals surface area contributed by atoms with Crippen molar-refractivity contribution in [1.82, 2.24) is 9.62 Å². The predicted molar refractivity (Wildman–Crippen MR) is 210 cm³/mol. The van der Waals surface area contributed by atoms with Gasteiger partial charge in [-0.3, -0.25) is 23.9 Å². The van der Waals surface area contributed by atoms with Crippen molar-refractivity contribution in [2.45, 2.75) is 134 Å². The fourth-order valence-corrected chi connectivity index (χ4v) is 10.3. The molecule has 2 N–H and O–H groups in total. The summed E-state index contributed by atoms with van der Waals surface area (Å²) in [6.07, 6.45) is -2.45. The molecule has 3 aliphatic carbocycles. The molecule has 1 saturated heterocycles. The van der Waals surface area contributed by atoms with E-state index >= 15 is 8.78 Å². The van der Waals surface area contributed by atoms with Gasteiger partial charge in [-0.25, -0.2) is 22.2 Å². The first-order chi connectivity index (χ1) is 28.0. The Bertz CT molecular complexity index is 2170. The average molecular weight is 862 g/mol. The third-order valence-corrected chi connectivity index (χ3v) is 15.5. The number of amides is 2. The number of ketones is 1. The maximum absolute atomic E-state index is 16.3. The molecule has 0 radical (unpaired) electrons. The lowest BCUT2D eigenvalue weighted by Gasteiger charge is -2.35. The first kappa shape index (κ1) is 43.6. The van der Waals surface area contributed by atoms with Gasteiger partial charge in [-0.1, -0.05) is 33.8 Å². The van der Waals surface area contributed by atoms with Crippen LogP contribution in [0.5, 0.6) is 0 Å². The number of nitrogens with zero attached hydrogens (tertiary/aromatic N) is 3. The monoisotopic (exact) mass is 861 g/mol. The Balaban J connectivity index is 1.29. The minimum Gasteiger partial charge on any atom is -0.473 e. The average Bonchev–Trinajstić information content (AvgIpc) is 4.12. The number of esters is 1. The number of nitriles is 1. The van der Waals surface area contributed by atoms with Crippen molar-refractivity contribution in [2.75, 3.05) is 11.9 Å². The highest BCUT2D eigenvalue weighted by atomic mass is 32.2. The number of aliphatic imine (C=N–C) groups is 1. The first-order valence-electron chi connectivity index (χ1n) is 20.5. The van der Waals surface area contributed by atoms with Crippen molar-refractivity contribution >= 4 is 50.9 Å². The summed E-state index contributed by atoms with van der Waals surface area (Å²) in [5.41, 5.74) is -2.45. The second-order valence-corrected chi connectivity index (χ2v) is 20.9. The smallest absolute Gasteiger partial charge is 0.306 e. The molecule has 0 spiro atoms. The number of benzene rings is 1. The number of ether oxygens (including phenoxy) is 2. The molecule has 3 heterocycles. The summed E-state index contributed by atoms with van der Waals surface area (Å²) in [5, 5.41) is 12.4. The molecular weight excluding hydrogens is 811 g/mol. The normalized spacial score (nSPS) is 33.8. The van der Waals surface area contributed by atoms with Crippen LogP contribution in [0, 0.1) is 45.8 Å². The van der Waals surface area contributed by atoms with Gasteiger partial charge in [0.1, 0.15) is 12.2 Å². The SMILES string of the molecule is CC[C@@H]1[C@@H]2CN(C(=O)[C@H](C(C)(C)C)CC(=O)O[C@@H]3C[C@H]3CC/C=C/C(F)(F)C3Nc4ccc(C#N)cc4N=C3O2)[C@@H]1C(=O)C[C@]1(C(=O)NS(=O)(=O)C2(C)CC2)C[C@H]1C(F)F. The summed E-state index contributed by atoms with van der Waals surface area (Å²) in [6.45, 7) is 7.93. The van der Waals surface area contributed by atoms with Crippen molar-refractivity contribution < 1.29 is 54.6 Å². The Morgan fingerprint density at radius 2 is 1.87 bits per heavy atom. The van der Waals surface area contributed by atoms with E-state index in [4.69, 9.17) is 9.47 Å². The molecule has 60 heavy (non-hydrogen) atoms. The lowest BCUT2D eigenvalue weighted by atomic mass is 9.77. The van der Waals surface area contributed by atoms with Crippen LogP contribution in [-0.4, -0.2) is 90.7 Å². The standard InChI is InChI=1S/C42H51F4N5O8S/c1-6-24-31-21-51(33(24)29(52)19-41(18-26(41)35(43)44)38(55)50-60(56,57)40(5)13-14-40)37(54)25(39(2,3)4)17-32(53)58-30-16-23(30)9-7-8-12-42(45,46)34-36(59-31)49-28-15-22(20-47)10-11-27(28)48-34/h8,10-12,15,23-26,30-31,33-35,48H,6-7,9,13-14,16-19,21H2,1-5H3,(H,50,55)/b12-8+/t23-,24-,25-,26+,30-,31+,33+,34?,41-/m1/s1. The molecular formula is C42H51F4N5O8S. The molecule has 9 atom stereocenters. The Labute approximate surface area is 346 Å². The molecule has 13 nitrogen and oxygen atoms in total. The number of alkyl halides is 4. The highest BCUT2D eigenvalue weighted by molar-refractivity contribution is 7.91. The Morgan fingerprint density at radius 1 is 1.15 bits per heavy atom. The van der Waals surface area contributed by atoms with E-state index in [1.807, 2.05) is 10.8 Å². The molecule has 6 aliphatic rings. The van der Waals surface area contributed by atoms with Crippen LogP contribution >= 0.6 is 0 Å². The molecule has 326 valence electrons. The van der Waals surface area contributed by atoms with Crippen molar-refractivity contribution in [3.05, 3.63) is 35.9 Å². The minimum absolute atomic E-state index is 0.0675. The largest absolute Gasteiger partial charge is 0.473 e. The molecule has 18 heteroatoms. The van der Waals surface area contributed by atoms with Gasteiger partial charge in [0.25, 0.3) is 5.92 Å². The van der Waals surface area contributed by atoms with E-state index in [2.05, 4.69) is 10.3 Å². The highest BCUT2D eigenvalue weighted by Crippen LogP contribution is 2.59. The zero-order chi connectivity index (χ0) is 43.7. The van der Waals surface area contributed by atoms with Crippen LogP contribution in [-0.2, 0) is 38.7 Å². The Hall–Kier alpha value is -4.53. The first-order valence-corrected chi connectivity index (χ1v) is 22.0. The number of Topliss-reactive ketones (excluding diaryl/α,β-unsaturated/α-hetero) is 1. The highest BCUT2D eigenvalue weighted by Gasteiger charge is 2.67. The number of rotatable bonds is 8. The van der Waals surface area contributed by atoms with Crippen LogP contribution in [0.1, 0.15) is 98.0 Å². The van der Waals surface area contributed by atoms with Gasteiger partial charge in [-0.15, -0.1) is 0 Å². The number of carbonyl (C=O) groups is 4. The van der Waals surface area contributed by atoms with Gasteiger partial charge in [0.15, 0.2) is 11.8 Å². The molecule has 2 amide bonds. The Morgan fingerprint density at radius 3 is 2.48 bits per heavy atom. The third-order valence-electron chi connectivity index (χ3n) is 13.3. The van der Waals surface area contributed by atoms with Crippen LogP contribution in [0.2, 0.25) is 0 Å². The van der Waals surface area contributed by atoms with E-state index < -0.39 is 122 Å². The van der Waals surface area contributed by atoms with E-state index in [-0.39, 0.29) is 61.5 Å². The molecule has 1 aromatic carbocycles. The number of allylic oxidation sites excluding steroid dienone is 1. The molecule has 1 unspecified atom stereocenters. The van der Waals surface area contributed by atoms with Crippen LogP contribution in [0.25, 0.3) is 0 Å². The van der Waals surface area contributed by atoms with Crippen LogP contribution in [0.3, 0.4) is 0 Å². The van der Waals surface area contributed by atoms with Gasteiger partial charge < -0.3 is 19.7 Å². The Kier molecular flexibility index (Phi) is 11.2. The fourth-order valence-electron chi connectivity index (χ4n) is 8.93. The summed E-state index contributed by atoms with van der Waals surface area (Å²) in [7, 11) is -4.28. The summed E-state index contributed by atoms with van der Waals surface area (Å²) >= 11 is 0. The van der Waals surface area contributed by atoms with Gasteiger partial charge in [-0.2, -0.15) is 14.0 Å². The zero-order valence-electron chi connectivity index (χ0n) is 34.2. The van der Waals surface area contributed by atoms with Crippen molar-refractivity contribution in [3.63, 3.8) is 0 Å². The number of anilines is 1. The summed E-state index contributed by atoms with van der Waals surface area (Å²) < 4.78 is 100. The second kappa shape index (κ2) is 15.4. The predicted octanol–water partition coefficient (Wildman–Crippen LogP) is 6.20. The summed E-state index contributed by atoms with van der Waals surface area (Å²) in [6, 6.07) is 2.95. The molecule has 7 rings (SSSR count). The maximum atomic E-state index is 16.3. The lowest BCUT2D eigenvalue weighted by molar-refractivity contribution is -0.154. The van der Waals surface area contributed by atoms with E-state index in [0.717, 1.165) is 6.08 Å². The number of nitrogens with one attached hydrogen (secondary N) is 2. The number of sulfonamides is 1. The van der Waals surface area contributed by atoms with Crippen LogP contribution < -0.4 is 10.0 Å². The van der Waals surface area contributed by atoms with Gasteiger partial charge >= 0.3 is 5.97 Å². The van der Waals surface area contributed by atoms with Crippen molar-refractivity contribution in [1.29, 1.82) is 5.26 Å². The molecule has 0 aromatic heterocycles. The van der Waals surface area contributed by atoms with E-state index in [1.165, 1.54) is 36.1 Å². The van der Waals surface area contributed by atoms with Crippen molar-refractivity contribution in [3.8, 4) is 6.07 Å². The lowest BCUT2D eigenvalue weighted by Crippen LogP contribution is -2.50. The third kappa shape index (κ3) is 8.26. The molecule has 2 bridgehead atoms. The van der Waals surface area contributed by atoms with E-state index in [1.54, 1.807) is 27.7 Å². The van der Waals surface area contributed by atoms with Gasteiger partial charge in [0, 0.05) is 18.3 Å². The molecule has 4 fully saturated rings. The quantitative estimate of drug-likeness (QED) is 0.173. The molecule has 3 saturated carbocycles. The van der Waals surface area contributed by atoms with E-state index in [0.29, 0.717) is 12.8 Å². The molecule has 3 aliphatic heterocycles. The second-order valence-electron chi connectivity index (χ2n) is 18.7. The van der Waals surface area contributed by atoms with Crippen LogP contribution in [0.4, 0.5) is 28.9 Å². The zero-order valence-corrected chi connectivity index (χ0v) is 35.0. The molecule has 1 aromatic rings.